The van der Waals surface area contributed by atoms with E-state index in [0.717, 1.165) is 19.3 Å². The number of hydrogen-bond donors (Lipinski definition) is 2. The number of unbranched alkanes of at least 4 members (excludes halogenated alkanes) is 12. The largest absolute Gasteiger partial charge is 0.504 e. The van der Waals surface area contributed by atoms with Crippen LogP contribution in [0.25, 0.3) is 0 Å². The van der Waals surface area contributed by atoms with Crippen molar-refractivity contribution in [2.75, 3.05) is 27.4 Å². The van der Waals surface area contributed by atoms with Crippen molar-refractivity contribution < 1.29 is 18.4 Å². The van der Waals surface area contributed by atoms with Crippen molar-refractivity contribution >= 4 is 21.2 Å². The van der Waals surface area contributed by atoms with Gasteiger partial charge in [-0.25, -0.2) is 0 Å². The third kappa shape index (κ3) is 16.7. The van der Waals surface area contributed by atoms with Crippen molar-refractivity contribution in [3.05, 3.63) is 0 Å². The average molecular weight is 540 g/mol. The highest BCUT2D eigenvalue weighted by Gasteiger charge is 2.53. The van der Waals surface area contributed by atoms with Crippen LogP contribution in [0.2, 0.25) is 5.54 Å². The Kier molecular flexibility index (Phi) is 23.9. The Bertz CT molecular complexity index is 459. The molecule has 0 saturated heterocycles. The molecule has 35 heavy (non-hydrogen) atoms. The molecule has 0 aromatic heterocycles. The van der Waals surface area contributed by atoms with Gasteiger partial charge in [0, 0.05) is 25.3 Å². The van der Waals surface area contributed by atoms with Gasteiger partial charge in [0.25, 0.3) is 0 Å². The first-order chi connectivity index (χ1) is 16.2. The third-order valence-corrected chi connectivity index (χ3v) is 10.5. The quantitative estimate of drug-likeness (QED) is 0.0962. The Morgan fingerprint density at radius 2 is 1.23 bits per heavy atom. The Hall–Kier alpha value is 0.307. The first-order valence-corrected chi connectivity index (χ1v) is 16.1. The molecule has 7 heteroatoms. The molecule has 5 nitrogen and oxygen atoms in total. The summed E-state index contributed by atoms with van der Waals surface area (Å²) < 4.78 is 18.2. The van der Waals surface area contributed by atoms with Gasteiger partial charge in [-0.2, -0.15) is 0 Å². The molecule has 0 amide bonds. The van der Waals surface area contributed by atoms with E-state index in [1.165, 1.54) is 77.0 Å². The lowest BCUT2D eigenvalue weighted by atomic mass is 9.78. The molecule has 2 unspecified atom stereocenters. The lowest BCUT2D eigenvalue weighted by Crippen LogP contribution is -2.56. The second-order valence-corrected chi connectivity index (χ2v) is 14.3. The number of nitrogens with two attached hydrogens (primary N) is 1. The minimum atomic E-state index is -2.98. The summed E-state index contributed by atoms with van der Waals surface area (Å²) in [5, 5.41) is 9.41. The zero-order chi connectivity index (χ0) is 25.9. The first-order valence-electron chi connectivity index (χ1n) is 14.3. The summed E-state index contributed by atoms with van der Waals surface area (Å²) in [4.78, 5) is 0. The highest BCUT2D eigenvalue weighted by Crippen LogP contribution is 2.44. The van der Waals surface area contributed by atoms with Crippen LogP contribution < -0.4 is 5.73 Å². The number of aliphatic hydroxyl groups excluding tert-OH is 1. The summed E-state index contributed by atoms with van der Waals surface area (Å²) in [5.74, 6) is 0.760. The van der Waals surface area contributed by atoms with E-state index >= 15 is 0 Å². The van der Waals surface area contributed by atoms with E-state index in [1.54, 1.807) is 14.2 Å². The van der Waals surface area contributed by atoms with Crippen molar-refractivity contribution in [1.82, 2.24) is 0 Å². The van der Waals surface area contributed by atoms with E-state index in [1.807, 2.05) is 0 Å². The number of aliphatic hydroxyl groups is 1. The van der Waals surface area contributed by atoms with Crippen LogP contribution in [0.5, 0.6) is 0 Å². The first kappa shape index (κ1) is 37.5. The maximum atomic E-state index is 9.41. The molecule has 0 saturated carbocycles. The zero-order valence-corrected chi connectivity index (χ0v) is 26.2. The molecular weight excluding hydrogens is 478 g/mol. The molecule has 0 spiro atoms. The summed E-state index contributed by atoms with van der Waals surface area (Å²) in [7, 11) is 0.412. The van der Waals surface area contributed by atoms with Gasteiger partial charge in [0.15, 0.2) is 0 Å². The molecule has 0 aliphatic heterocycles. The number of halogens is 1. The van der Waals surface area contributed by atoms with Gasteiger partial charge in [0.05, 0.1) is 13.2 Å². The van der Waals surface area contributed by atoms with Crippen LogP contribution in [-0.4, -0.2) is 46.9 Å². The molecule has 2 atom stereocenters. The molecule has 0 aliphatic rings. The molecule has 0 fully saturated rings. The lowest BCUT2D eigenvalue weighted by molar-refractivity contribution is 0.0520. The van der Waals surface area contributed by atoms with E-state index in [0.29, 0.717) is 5.92 Å². The van der Waals surface area contributed by atoms with Crippen molar-refractivity contribution in [1.29, 1.82) is 0 Å². The minimum absolute atomic E-state index is 0. The van der Waals surface area contributed by atoms with Crippen LogP contribution in [0.3, 0.4) is 0 Å². The average Bonchev–Trinajstić information content (AvgIpc) is 2.79. The van der Waals surface area contributed by atoms with Gasteiger partial charge in [0.1, 0.15) is 0 Å². The SMILES string of the molecule is CCCCCCCCCCCCCCCC(C(CC(C)C)C(C)(C)N)[Si](OC)(OC)OCCO.Cl. The summed E-state index contributed by atoms with van der Waals surface area (Å²) in [6.07, 6.45) is 19.5. The van der Waals surface area contributed by atoms with Crippen LogP contribution in [0.1, 0.15) is 131 Å². The standard InChI is InChI=1S/C28H61NO4Si.ClH/c1-8-9-10-11-12-13-14-15-16-17-18-19-20-21-27(26(24-25(2)3)28(4,5)29)34(31-6,32-7)33-23-22-30;/h25-27,30H,8-24,29H2,1-7H3;1H. The fraction of sp³-hybridized carbons (Fsp3) is 1.00. The van der Waals surface area contributed by atoms with Gasteiger partial charge in [-0.05, 0) is 38.5 Å². The van der Waals surface area contributed by atoms with Crippen LogP contribution in [-0.2, 0) is 13.3 Å². The van der Waals surface area contributed by atoms with Crippen LogP contribution in [0.4, 0.5) is 0 Å². The minimum Gasteiger partial charge on any atom is -0.394 e. The molecule has 0 aromatic rings. The summed E-state index contributed by atoms with van der Waals surface area (Å²) in [6.45, 7) is 11.2. The fourth-order valence-electron chi connectivity index (χ4n) is 5.30. The molecule has 0 aromatic carbocycles. The third-order valence-electron chi connectivity index (χ3n) is 7.20. The van der Waals surface area contributed by atoms with Gasteiger partial charge >= 0.3 is 8.80 Å². The zero-order valence-electron chi connectivity index (χ0n) is 24.4. The second-order valence-electron chi connectivity index (χ2n) is 11.3. The van der Waals surface area contributed by atoms with Crippen molar-refractivity contribution in [2.24, 2.45) is 17.6 Å². The molecule has 0 aliphatic carbocycles. The molecule has 3 N–H and O–H groups in total. The van der Waals surface area contributed by atoms with Gasteiger partial charge in [0.2, 0.25) is 0 Å². The van der Waals surface area contributed by atoms with Crippen molar-refractivity contribution in [2.45, 2.75) is 142 Å². The van der Waals surface area contributed by atoms with E-state index in [4.69, 9.17) is 19.0 Å². The van der Waals surface area contributed by atoms with E-state index in [-0.39, 0.29) is 42.6 Å². The maximum Gasteiger partial charge on any atom is 0.504 e. The number of rotatable bonds is 24. The van der Waals surface area contributed by atoms with Gasteiger partial charge in [-0.15, -0.1) is 12.4 Å². The Morgan fingerprint density at radius 1 is 0.800 bits per heavy atom. The second kappa shape index (κ2) is 22.3. The highest BCUT2D eigenvalue weighted by molar-refractivity contribution is 6.62. The van der Waals surface area contributed by atoms with E-state index < -0.39 is 8.80 Å². The smallest absolute Gasteiger partial charge is 0.394 e. The van der Waals surface area contributed by atoms with Crippen LogP contribution in [0.15, 0.2) is 0 Å². The normalized spacial score (nSPS) is 14.2. The van der Waals surface area contributed by atoms with Crippen molar-refractivity contribution in [3.63, 3.8) is 0 Å². The van der Waals surface area contributed by atoms with E-state index in [2.05, 4.69) is 34.6 Å². The maximum absolute atomic E-state index is 9.41. The van der Waals surface area contributed by atoms with Crippen molar-refractivity contribution in [3.8, 4) is 0 Å². The Balaban J connectivity index is 0. The predicted octanol–water partition coefficient (Wildman–Crippen LogP) is 7.90. The Labute approximate surface area is 226 Å². The summed E-state index contributed by atoms with van der Waals surface area (Å²) in [5.41, 5.74) is 6.48. The number of hydrogen-bond acceptors (Lipinski definition) is 5. The van der Waals surface area contributed by atoms with Gasteiger partial charge in [-0.3, -0.25) is 0 Å². The molecule has 0 radical (unpaired) electrons. The van der Waals surface area contributed by atoms with Gasteiger partial charge < -0.3 is 24.1 Å². The molecule has 0 heterocycles. The predicted molar refractivity (Wildman–Crippen MR) is 155 cm³/mol. The highest BCUT2D eigenvalue weighted by atomic mass is 35.5. The lowest BCUT2D eigenvalue weighted by Gasteiger charge is -2.44. The summed E-state index contributed by atoms with van der Waals surface area (Å²) in [6, 6.07) is 0. The Morgan fingerprint density at radius 3 is 1.57 bits per heavy atom. The fourth-order valence-corrected chi connectivity index (χ4v) is 8.51. The molecular formula is C28H62ClNO4Si. The molecule has 0 bridgehead atoms. The monoisotopic (exact) mass is 539 g/mol. The van der Waals surface area contributed by atoms with Crippen LogP contribution >= 0.6 is 12.4 Å². The van der Waals surface area contributed by atoms with Crippen LogP contribution in [0, 0.1) is 11.8 Å². The van der Waals surface area contributed by atoms with E-state index in [9.17, 15) is 5.11 Å². The molecule has 0 rings (SSSR count). The molecule has 214 valence electrons. The summed E-state index contributed by atoms with van der Waals surface area (Å²) >= 11 is 0. The van der Waals surface area contributed by atoms with Gasteiger partial charge in [-0.1, -0.05) is 104 Å². The topological polar surface area (TPSA) is 73.9 Å².